The molecule has 0 radical (unpaired) electrons. The number of pyridine rings is 1. The van der Waals surface area contributed by atoms with Crippen molar-refractivity contribution in [2.24, 2.45) is 0 Å². The second kappa shape index (κ2) is 3.18. The molecule has 0 aliphatic carbocycles. The molecule has 2 rings (SSSR count). The molecule has 0 aromatic carbocycles. The molecule has 4 heteroatoms. The lowest BCUT2D eigenvalue weighted by molar-refractivity contribution is 0.847. The van der Waals surface area contributed by atoms with E-state index in [1.165, 1.54) is 0 Å². The SMILES string of the molecule is Cc1cnn(-c2ccccn2)c1Cl. The van der Waals surface area contributed by atoms with Crippen LogP contribution in [-0.4, -0.2) is 14.8 Å². The number of aromatic nitrogens is 3. The summed E-state index contributed by atoms with van der Waals surface area (Å²) in [5.74, 6) is 0.737. The number of rotatable bonds is 1. The Labute approximate surface area is 81.0 Å². The average Bonchev–Trinajstić information content (AvgIpc) is 2.49. The molecule has 0 atom stereocenters. The molecule has 0 fully saturated rings. The fourth-order valence-corrected chi connectivity index (χ4v) is 1.23. The molecule has 0 saturated heterocycles. The summed E-state index contributed by atoms with van der Waals surface area (Å²) in [5, 5.41) is 4.72. The molecule has 66 valence electrons. The Bertz CT molecular complexity index is 408. The summed E-state index contributed by atoms with van der Waals surface area (Å²) in [6.07, 6.45) is 3.43. The Balaban J connectivity index is 2.53. The first kappa shape index (κ1) is 8.26. The van der Waals surface area contributed by atoms with Gasteiger partial charge in [0.2, 0.25) is 0 Å². The Morgan fingerprint density at radius 3 is 2.77 bits per heavy atom. The highest BCUT2D eigenvalue weighted by molar-refractivity contribution is 6.30. The summed E-state index contributed by atoms with van der Waals surface area (Å²) < 4.78 is 1.61. The number of hydrogen-bond donors (Lipinski definition) is 0. The van der Waals surface area contributed by atoms with Gasteiger partial charge in [0.25, 0.3) is 0 Å². The lowest BCUT2D eigenvalue weighted by Gasteiger charge is -2.00. The first-order valence-corrected chi connectivity index (χ1v) is 4.28. The van der Waals surface area contributed by atoms with Gasteiger partial charge in [0.1, 0.15) is 5.15 Å². The van der Waals surface area contributed by atoms with Crippen LogP contribution in [0.1, 0.15) is 5.56 Å². The lowest BCUT2D eigenvalue weighted by atomic mass is 10.4. The van der Waals surface area contributed by atoms with E-state index in [1.807, 2.05) is 25.1 Å². The summed E-state index contributed by atoms with van der Waals surface area (Å²) in [4.78, 5) is 4.14. The number of halogens is 1. The second-order valence-corrected chi connectivity index (χ2v) is 3.08. The minimum absolute atomic E-state index is 0.610. The summed E-state index contributed by atoms with van der Waals surface area (Å²) in [6, 6.07) is 5.61. The molecule has 0 spiro atoms. The van der Waals surface area contributed by atoms with Gasteiger partial charge in [0, 0.05) is 11.8 Å². The predicted octanol–water partition coefficient (Wildman–Crippen LogP) is 2.23. The van der Waals surface area contributed by atoms with Crippen LogP contribution in [0.4, 0.5) is 0 Å². The van der Waals surface area contributed by atoms with Crippen molar-refractivity contribution in [2.75, 3.05) is 0 Å². The van der Waals surface area contributed by atoms with E-state index in [1.54, 1.807) is 17.1 Å². The van der Waals surface area contributed by atoms with Crippen LogP contribution in [-0.2, 0) is 0 Å². The average molecular weight is 194 g/mol. The highest BCUT2D eigenvalue weighted by atomic mass is 35.5. The van der Waals surface area contributed by atoms with Crippen molar-refractivity contribution in [3.63, 3.8) is 0 Å². The highest BCUT2D eigenvalue weighted by Gasteiger charge is 2.05. The van der Waals surface area contributed by atoms with Crippen LogP contribution in [0.15, 0.2) is 30.6 Å². The molecular weight excluding hydrogens is 186 g/mol. The van der Waals surface area contributed by atoms with Gasteiger partial charge >= 0.3 is 0 Å². The van der Waals surface area contributed by atoms with Crippen molar-refractivity contribution in [2.45, 2.75) is 6.92 Å². The van der Waals surface area contributed by atoms with E-state index in [2.05, 4.69) is 10.1 Å². The fraction of sp³-hybridized carbons (Fsp3) is 0.111. The molecule has 2 heterocycles. The first-order chi connectivity index (χ1) is 6.29. The Kier molecular flexibility index (Phi) is 2.02. The van der Waals surface area contributed by atoms with Crippen molar-refractivity contribution in [3.8, 4) is 5.82 Å². The zero-order valence-corrected chi connectivity index (χ0v) is 7.86. The zero-order valence-electron chi connectivity index (χ0n) is 7.11. The van der Waals surface area contributed by atoms with E-state index in [9.17, 15) is 0 Å². The van der Waals surface area contributed by atoms with Gasteiger partial charge in [-0.1, -0.05) is 17.7 Å². The lowest BCUT2D eigenvalue weighted by Crippen LogP contribution is -1.98. The van der Waals surface area contributed by atoms with E-state index in [0.29, 0.717) is 5.15 Å². The van der Waals surface area contributed by atoms with Crippen molar-refractivity contribution >= 4 is 11.6 Å². The van der Waals surface area contributed by atoms with Gasteiger partial charge in [0.05, 0.1) is 6.20 Å². The maximum absolute atomic E-state index is 6.00. The molecule has 13 heavy (non-hydrogen) atoms. The third-order valence-corrected chi connectivity index (χ3v) is 2.20. The van der Waals surface area contributed by atoms with Crippen LogP contribution in [0.25, 0.3) is 5.82 Å². The maximum atomic E-state index is 6.00. The molecule has 0 unspecified atom stereocenters. The fourth-order valence-electron chi connectivity index (χ4n) is 1.05. The molecule has 0 amide bonds. The smallest absolute Gasteiger partial charge is 0.155 e. The van der Waals surface area contributed by atoms with Gasteiger partial charge in [-0.2, -0.15) is 5.10 Å². The Morgan fingerprint density at radius 1 is 1.38 bits per heavy atom. The minimum atomic E-state index is 0.610. The number of aryl methyl sites for hydroxylation is 1. The van der Waals surface area contributed by atoms with Crippen LogP contribution in [0, 0.1) is 6.92 Å². The first-order valence-electron chi connectivity index (χ1n) is 3.90. The quantitative estimate of drug-likeness (QED) is 0.696. The van der Waals surface area contributed by atoms with Crippen LogP contribution in [0.3, 0.4) is 0 Å². The number of hydrogen-bond acceptors (Lipinski definition) is 2. The molecule has 2 aromatic heterocycles. The number of nitrogens with zero attached hydrogens (tertiary/aromatic N) is 3. The Hall–Kier alpha value is -1.35. The monoisotopic (exact) mass is 193 g/mol. The molecule has 0 bridgehead atoms. The van der Waals surface area contributed by atoms with Crippen molar-refractivity contribution in [1.29, 1.82) is 0 Å². The van der Waals surface area contributed by atoms with E-state index in [4.69, 9.17) is 11.6 Å². The van der Waals surface area contributed by atoms with Crippen molar-refractivity contribution < 1.29 is 0 Å². The molecule has 0 saturated carbocycles. The molecular formula is C9H8ClN3. The summed E-state index contributed by atoms with van der Waals surface area (Å²) >= 11 is 6.00. The molecule has 0 aliphatic heterocycles. The van der Waals surface area contributed by atoms with E-state index in [0.717, 1.165) is 11.4 Å². The van der Waals surface area contributed by atoms with E-state index < -0.39 is 0 Å². The molecule has 3 nitrogen and oxygen atoms in total. The van der Waals surface area contributed by atoms with Crippen molar-refractivity contribution in [3.05, 3.63) is 41.3 Å². The molecule has 2 aromatic rings. The van der Waals surface area contributed by atoms with Crippen LogP contribution in [0.2, 0.25) is 5.15 Å². The van der Waals surface area contributed by atoms with Gasteiger partial charge in [-0.15, -0.1) is 0 Å². The van der Waals surface area contributed by atoms with Crippen LogP contribution in [0.5, 0.6) is 0 Å². The second-order valence-electron chi connectivity index (χ2n) is 2.72. The van der Waals surface area contributed by atoms with Gasteiger partial charge in [0.15, 0.2) is 5.82 Å². The highest BCUT2D eigenvalue weighted by Crippen LogP contribution is 2.16. The maximum Gasteiger partial charge on any atom is 0.155 e. The van der Waals surface area contributed by atoms with Crippen LogP contribution < -0.4 is 0 Å². The van der Waals surface area contributed by atoms with Crippen molar-refractivity contribution in [1.82, 2.24) is 14.8 Å². The van der Waals surface area contributed by atoms with Gasteiger partial charge in [-0.05, 0) is 19.1 Å². The topological polar surface area (TPSA) is 30.7 Å². The normalized spacial score (nSPS) is 10.3. The third kappa shape index (κ3) is 1.42. The Morgan fingerprint density at radius 2 is 2.23 bits per heavy atom. The van der Waals surface area contributed by atoms with E-state index >= 15 is 0 Å². The summed E-state index contributed by atoms with van der Waals surface area (Å²) in [6.45, 7) is 1.91. The van der Waals surface area contributed by atoms with Gasteiger partial charge < -0.3 is 0 Å². The molecule has 0 N–H and O–H groups in total. The standard InChI is InChI=1S/C9H8ClN3/c1-7-6-12-13(9(7)10)8-4-2-3-5-11-8/h2-6H,1H3. The minimum Gasteiger partial charge on any atom is -0.237 e. The van der Waals surface area contributed by atoms with Gasteiger partial charge in [-0.25, -0.2) is 9.67 Å². The summed E-state index contributed by atoms with van der Waals surface area (Å²) in [5.41, 5.74) is 0.951. The largest absolute Gasteiger partial charge is 0.237 e. The molecule has 0 aliphatic rings. The third-order valence-electron chi connectivity index (χ3n) is 1.74. The van der Waals surface area contributed by atoms with Crippen LogP contribution >= 0.6 is 11.6 Å². The predicted molar refractivity (Wildman–Crippen MR) is 51.1 cm³/mol. The zero-order chi connectivity index (χ0) is 9.26. The van der Waals surface area contributed by atoms with Gasteiger partial charge in [-0.3, -0.25) is 0 Å². The summed E-state index contributed by atoms with van der Waals surface area (Å²) in [7, 11) is 0. The van der Waals surface area contributed by atoms with E-state index in [-0.39, 0.29) is 0 Å².